The number of alkyl carbamates (subject to hydrolysis) is 1. The Morgan fingerprint density at radius 1 is 1.00 bits per heavy atom. The van der Waals surface area contributed by atoms with Gasteiger partial charge in [-0.05, 0) is 35.1 Å². The lowest BCUT2D eigenvalue weighted by atomic mass is 9.98. The van der Waals surface area contributed by atoms with E-state index < -0.39 is 12.1 Å². The van der Waals surface area contributed by atoms with E-state index in [0.29, 0.717) is 19.4 Å². The molecule has 1 heterocycles. The molecule has 0 radical (unpaired) electrons. The number of hydrogen-bond donors (Lipinski definition) is 3. The summed E-state index contributed by atoms with van der Waals surface area (Å²) >= 11 is 0. The fraction of sp³-hybridized carbons (Fsp3) is 0.400. The SMILES string of the molecule is O=C(O)CCCNC(=O)[C@@H]1CO[C@H](CNC(=O)OCC2c3ccccc3-c3ccccc32)C1. The van der Waals surface area contributed by atoms with Gasteiger partial charge in [-0.1, -0.05) is 48.5 Å². The number of carbonyl (C=O) groups excluding carboxylic acids is 2. The summed E-state index contributed by atoms with van der Waals surface area (Å²) < 4.78 is 11.2. The van der Waals surface area contributed by atoms with Gasteiger partial charge in [0.1, 0.15) is 6.61 Å². The smallest absolute Gasteiger partial charge is 0.407 e. The van der Waals surface area contributed by atoms with Crippen LogP contribution in [-0.2, 0) is 19.1 Å². The van der Waals surface area contributed by atoms with Crippen molar-refractivity contribution in [2.45, 2.75) is 31.3 Å². The van der Waals surface area contributed by atoms with E-state index in [9.17, 15) is 14.4 Å². The molecule has 1 fully saturated rings. The van der Waals surface area contributed by atoms with Crippen LogP contribution in [0.25, 0.3) is 11.1 Å². The molecule has 1 aliphatic carbocycles. The molecule has 0 bridgehead atoms. The highest BCUT2D eigenvalue weighted by Gasteiger charge is 2.32. The van der Waals surface area contributed by atoms with Crippen molar-refractivity contribution < 1.29 is 29.0 Å². The van der Waals surface area contributed by atoms with Crippen molar-refractivity contribution >= 4 is 18.0 Å². The van der Waals surface area contributed by atoms with Crippen LogP contribution in [0, 0.1) is 5.92 Å². The van der Waals surface area contributed by atoms with Crippen LogP contribution in [0.1, 0.15) is 36.3 Å². The molecule has 4 rings (SSSR count). The van der Waals surface area contributed by atoms with Gasteiger partial charge in [-0.15, -0.1) is 0 Å². The highest BCUT2D eigenvalue weighted by atomic mass is 16.5. The molecule has 0 saturated carbocycles. The zero-order valence-corrected chi connectivity index (χ0v) is 18.3. The van der Waals surface area contributed by atoms with E-state index in [-0.39, 0.29) is 50.0 Å². The van der Waals surface area contributed by atoms with Crippen molar-refractivity contribution in [2.75, 3.05) is 26.3 Å². The van der Waals surface area contributed by atoms with E-state index in [0.717, 1.165) is 11.1 Å². The van der Waals surface area contributed by atoms with Gasteiger partial charge in [0.25, 0.3) is 0 Å². The standard InChI is InChI=1S/C25H28N2O6/c28-23(29)10-5-11-26-24(30)16-12-17(32-14-16)13-27-25(31)33-15-22-20-8-3-1-6-18(20)19-7-2-4-9-21(19)22/h1-4,6-9,16-17,22H,5,10-15H2,(H,26,30)(H,27,31)(H,28,29)/t16-,17-/m0/s1. The first-order valence-corrected chi connectivity index (χ1v) is 11.2. The number of carboxylic acids is 1. The zero-order chi connectivity index (χ0) is 23.2. The molecule has 2 aromatic carbocycles. The van der Waals surface area contributed by atoms with Crippen LogP contribution in [0.4, 0.5) is 4.79 Å². The molecule has 174 valence electrons. The van der Waals surface area contributed by atoms with Gasteiger partial charge in [-0.25, -0.2) is 4.79 Å². The largest absolute Gasteiger partial charge is 0.481 e. The van der Waals surface area contributed by atoms with Crippen molar-refractivity contribution in [1.29, 1.82) is 0 Å². The zero-order valence-electron chi connectivity index (χ0n) is 18.3. The van der Waals surface area contributed by atoms with Gasteiger partial charge in [0.15, 0.2) is 0 Å². The Morgan fingerprint density at radius 2 is 1.67 bits per heavy atom. The predicted octanol–water partition coefficient (Wildman–Crippen LogP) is 2.91. The number of nitrogens with one attached hydrogen (secondary N) is 2. The first-order chi connectivity index (χ1) is 16.0. The molecule has 1 aliphatic heterocycles. The summed E-state index contributed by atoms with van der Waals surface area (Å²) in [5, 5.41) is 14.1. The highest BCUT2D eigenvalue weighted by molar-refractivity contribution is 5.80. The number of amides is 2. The Labute approximate surface area is 192 Å². The molecule has 3 N–H and O–H groups in total. The minimum absolute atomic E-state index is 0.0000776. The van der Waals surface area contributed by atoms with Crippen LogP contribution in [-0.4, -0.2) is 55.5 Å². The summed E-state index contributed by atoms with van der Waals surface area (Å²) in [5.74, 6) is -1.33. The number of aliphatic carboxylic acids is 1. The summed E-state index contributed by atoms with van der Waals surface area (Å²) in [6.07, 6.45) is 0.131. The van der Waals surface area contributed by atoms with Crippen molar-refractivity contribution in [3.63, 3.8) is 0 Å². The van der Waals surface area contributed by atoms with E-state index in [1.807, 2.05) is 24.3 Å². The molecule has 0 spiro atoms. The van der Waals surface area contributed by atoms with Crippen molar-refractivity contribution in [2.24, 2.45) is 5.92 Å². The fourth-order valence-electron chi connectivity index (χ4n) is 4.47. The number of benzene rings is 2. The number of ether oxygens (including phenoxy) is 2. The molecular weight excluding hydrogens is 424 g/mol. The van der Waals surface area contributed by atoms with Crippen LogP contribution in [0.2, 0.25) is 0 Å². The van der Waals surface area contributed by atoms with Gasteiger partial charge in [0.05, 0.1) is 18.6 Å². The van der Waals surface area contributed by atoms with Crippen LogP contribution in [0.5, 0.6) is 0 Å². The first kappa shape index (κ1) is 22.8. The number of rotatable bonds is 9. The van der Waals surface area contributed by atoms with E-state index in [4.69, 9.17) is 14.6 Å². The predicted molar refractivity (Wildman–Crippen MR) is 121 cm³/mol. The topological polar surface area (TPSA) is 114 Å². The van der Waals surface area contributed by atoms with Crippen molar-refractivity contribution in [3.8, 4) is 11.1 Å². The second-order valence-corrected chi connectivity index (χ2v) is 8.38. The maximum Gasteiger partial charge on any atom is 0.407 e. The summed E-state index contributed by atoms with van der Waals surface area (Å²) in [5.41, 5.74) is 4.66. The van der Waals surface area contributed by atoms with Gasteiger partial charge in [-0.2, -0.15) is 0 Å². The van der Waals surface area contributed by atoms with Crippen molar-refractivity contribution in [1.82, 2.24) is 10.6 Å². The minimum atomic E-state index is -0.882. The Balaban J connectivity index is 1.20. The lowest BCUT2D eigenvalue weighted by molar-refractivity contribution is -0.137. The average Bonchev–Trinajstić information content (AvgIpc) is 3.42. The summed E-state index contributed by atoms with van der Waals surface area (Å²) in [6.45, 7) is 1.11. The Hall–Kier alpha value is -3.39. The second-order valence-electron chi connectivity index (χ2n) is 8.38. The lowest BCUT2D eigenvalue weighted by Gasteiger charge is -2.15. The molecule has 2 atom stereocenters. The third-order valence-corrected chi connectivity index (χ3v) is 6.14. The van der Waals surface area contributed by atoms with Gasteiger partial charge in [-0.3, -0.25) is 9.59 Å². The van der Waals surface area contributed by atoms with Gasteiger partial charge in [0.2, 0.25) is 5.91 Å². The number of carbonyl (C=O) groups is 3. The van der Waals surface area contributed by atoms with E-state index in [1.165, 1.54) is 11.1 Å². The van der Waals surface area contributed by atoms with E-state index >= 15 is 0 Å². The quantitative estimate of drug-likeness (QED) is 0.504. The monoisotopic (exact) mass is 452 g/mol. The van der Waals surface area contributed by atoms with Crippen molar-refractivity contribution in [3.05, 3.63) is 59.7 Å². The molecule has 8 nitrogen and oxygen atoms in total. The fourth-order valence-corrected chi connectivity index (χ4v) is 4.47. The third-order valence-electron chi connectivity index (χ3n) is 6.14. The van der Waals surface area contributed by atoms with Gasteiger partial charge in [0, 0.05) is 25.4 Å². The lowest BCUT2D eigenvalue weighted by Crippen LogP contribution is -2.34. The van der Waals surface area contributed by atoms with Crippen LogP contribution in [0.3, 0.4) is 0 Å². The Kier molecular flexibility index (Phi) is 7.24. The molecule has 2 aliphatic rings. The third kappa shape index (κ3) is 5.51. The normalized spacial score (nSPS) is 18.9. The van der Waals surface area contributed by atoms with Gasteiger partial charge < -0.3 is 25.2 Å². The number of carboxylic acid groups (broad SMARTS) is 1. The number of fused-ring (bicyclic) bond motifs is 3. The minimum Gasteiger partial charge on any atom is -0.481 e. The molecule has 1 saturated heterocycles. The molecule has 2 amide bonds. The van der Waals surface area contributed by atoms with E-state index in [1.54, 1.807) is 0 Å². The maximum absolute atomic E-state index is 12.3. The number of hydrogen-bond acceptors (Lipinski definition) is 5. The summed E-state index contributed by atoms with van der Waals surface area (Å²) in [4.78, 5) is 35.0. The summed E-state index contributed by atoms with van der Waals surface area (Å²) in [6, 6.07) is 16.3. The molecule has 8 heteroatoms. The highest BCUT2D eigenvalue weighted by Crippen LogP contribution is 2.44. The molecule has 33 heavy (non-hydrogen) atoms. The first-order valence-electron chi connectivity index (χ1n) is 11.2. The average molecular weight is 453 g/mol. The summed E-state index contributed by atoms with van der Waals surface area (Å²) in [7, 11) is 0. The van der Waals surface area contributed by atoms with Gasteiger partial charge >= 0.3 is 12.1 Å². The Bertz CT molecular complexity index is 978. The van der Waals surface area contributed by atoms with Crippen LogP contribution < -0.4 is 10.6 Å². The molecular formula is C25H28N2O6. The maximum atomic E-state index is 12.3. The molecule has 2 aromatic rings. The van der Waals surface area contributed by atoms with Crippen LogP contribution >= 0.6 is 0 Å². The molecule has 0 unspecified atom stereocenters. The second kappa shape index (κ2) is 10.5. The van der Waals surface area contributed by atoms with Crippen LogP contribution in [0.15, 0.2) is 48.5 Å². The molecule has 0 aromatic heterocycles. The van der Waals surface area contributed by atoms with E-state index in [2.05, 4.69) is 34.9 Å². The Morgan fingerprint density at radius 3 is 2.33 bits per heavy atom.